The highest BCUT2D eigenvalue weighted by atomic mass is 15.6. The minimum atomic E-state index is 0.474. The summed E-state index contributed by atoms with van der Waals surface area (Å²) in [6.45, 7) is 0.947. The molecule has 0 radical (unpaired) electrons. The van der Waals surface area contributed by atoms with Crippen molar-refractivity contribution in [1.82, 2.24) is 16.4 Å². The van der Waals surface area contributed by atoms with Crippen LogP contribution in [0.5, 0.6) is 0 Å². The van der Waals surface area contributed by atoms with Crippen LogP contribution in [-0.4, -0.2) is 6.54 Å². The van der Waals surface area contributed by atoms with E-state index in [1.54, 1.807) is 0 Å². The van der Waals surface area contributed by atoms with E-state index in [-0.39, 0.29) is 0 Å². The maximum Gasteiger partial charge on any atom is 0.0407 e. The summed E-state index contributed by atoms with van der Waals surface area (Å²) in [5.74, 6) is 0.958. The predicted octanol–water partition coefficient (Wildman–Crippen LogP) is -0.0701. The summed E-state index contributed by atoms with van der Waals surface area (Å²) in [5.41, 5.74) is 12.3. The van der Waals surface area contributed by atoms with Crippen molar-refractivity contribution in [2.24, 2.45) is 11.8 Å². The summed E-state index contributed by atoms with van der Waals surface area (Å²) in [4.78, 5) is 0. The third kappa shape index (κ3) is 1.32. The zero-order valence-corrected chi connectivity index (χ0v) is 9.98. The highest BCUT2D eigenvalue weighted by molar-refractivity contribution is 5.71. The minimum absolute atomic E-state index is 0.474. The van der Waals surface area contributed by atoms with Gasteiger partial charge in [-0.05, 0) is 10.8 Å². The number of hydrazine groups is 2. The van der Waals surface area contributed by atoms with Gasteiger partial charge in [-0.25, -0.2) is 5.43 Å². The van der Waals surface area contributed by atoms with Crippen molar-refractivity contribution in [3.8, 4) is 0 Å². The van der Waals surface area contributed by atoms with E-state index in [4.69, 9.17) is 0 Å². The maximum absolute atomic E-state index is 3.29. The van der Waals surface area contributed by atoms with E-state index in [1.807, 2.05) is 0 Å². The highest BCUT2D eigenvalue weighted by Crippen LogP contribution is 2.32. The lowest BCUT2D eigenvalue weighted by Crippen LogP contribution is -2.58. The van der Waals surface area contributed by atoms with Crippen molar-refractivity contribution in [2.45, 2.75) is 0 Å². The number of rotatable bonds is 0. The van der Waals surface area contributed by atoms with Gasteiger partial charge >= 0.3 is 0 Å². The quantitative estimate of drug-likeness (QED) is 0.591. The van der Waals surface area contributed by atoms with Gasteiger partial charge in [-0.2, -0.15) is 5.53 Å². The summed E-state index contributed by atoms with van der Waals surface area (Å²) in [6.07, 6.45) is 8.85. The zero-order valence-electron chi connectivity index (χ0n) is 9.98. The topological polar surface area (TPSA) is 36.1 Å². The van der Waals surface area contributed by atoms with E-state index in [0.717, 1.165) is 6.54 Å². The first-order valence-corrected chi connectivity index (χ1v) is 6.37. The molecule has 2 unspecified atom stereocenters. The maximum atomic E-state index is 3.29. The molecule has 1 fully saturated rings. The van der Waals surface area contributed by atoms with E-state index in [0.29, 0.717) is 11.8 Å². The lowest BCUT2D eigenvalue weighted by molar-refractivity contribution is 0.362. The van der Waals surface area contributed by atoms with Gasteiger partial charge in [0.15, 0.2) is 0 Å². The van der Waals surface area contributed by atoms with E-state index >= 15 is 0 Å². The minimum Gasteiger partial charge on any atom is -0.311 e. The van der Waals surface area contributed by atoms with Gasteiger partial charge in [0.05, 0.1) is 0 Å². The van der Waals surface area contributed by atoms with Crippen LogP contribution in [0, 0.1) is 11.8 Å². The molecular formula is C15H15N3. The van der Waals surface area contributed by atoms with Crippen LogP contribution in [0.15, 0.2) is 48.6 Å². The lowest BCUT2D eigenvalue weighted by atomic mass is 9.76. The summed E-state index contributed by atoms with van der Waals surface area (Å²) in [6, 6.07) is 8.64. The van der Waals surface area contributed by atoms with Crippen LogP contribution < -0.4 is 26.8 Å². The van der Waals surface area contributed by atoms with E-state index in [1.165, 1.54) is 21.7 Å². The molecule has 1 heterocycles. The summed E-state index contributed by atoms with van der Waals surface area (Å²) >= 11 is 0. The average Bonchev–Trinajstić information content (AvgIpc) is 2.48. The Morgan fingerprint density at radius 2 is 1.94 bits per heavy atom. The first-order chi connectivity index (χ1) is 8.95. The van der Waals surface area contributed by atoms with Gasteiger partial charge in [-0.3, -0.25) is 0 Å². The number of nitrogens with one attached hydrogen (secondary N) is 3. The van der Waals surface area contributed by atoms with Gasteiger partial charge in [0.1, 0.15) is 0 Å². The molecule has 1 saturated heterocycles. The fraction of sp³-hybridized carbons (Fsp3) is 0.200. The van der Waals surface area contributed by atoms with Crippen LogP contribution in [0.2, 0.25) is 0 Å². The van der Waals surface area contributed by atoms with Gasteiger partial charge < -0.3 is 5.43 Å². The molecular weight excluding hydrogens is 222 g/mol. The van der Waals surface area contributed by atoms with Crippen molar-refractivity contribution < 1.29 is 0 Å². The van der Waals surface area contributed by atoms with Gasteiger partial charge in [0.25, 0.3) is 0 Å². The van der Waals surface area contributed by atoms with Crippen molar-refractivity contribution in [2.75, 3.05) is 6.54 Å². The second-order valence-corrected chi connectivity index (χ2v) is 4.92. The Morgan fingerprint density at radius 3 is 2.89 bits per heavy atom. The van der Waals surface area contributed by atoms with Crippen LogP contribution >= 0.6 is 0 Å². The molecule has 1 aromatic rings. The molecule has 2 atom stereocenters. The van der Waals surface area contributed by atoms with Gasteiger partial charge in [-0.1, -0.05) is 48.6 Å². The molecule has 1 aromatic carbocycles. The fourth-order valence-corrected chi connectivity index (χ4v) is 3.19. The monoisotopic (exact) mass is 237 g/mol. The molecule has 0 bridgehead atoms. The van der Waals surface area contributed by atoms with E-state index in [2.05, 4.69) is 65.0 Å². The van der Waals surface area contributed by atoms with Gasteiger partial charge in [-0.15, -0.1) is 0 Å². The number of allylic oxidation sites excluding steroid dienone is 4. The first-order valence-electron chi connectivity index (χ1n) is 6.37. The first kappa shape index (κ1) is 10.1. The molecule has 3 heteroatoms. The predicted molar refractivity (Wildman–Crippen MR) is 72.0 cm³/mol. The molecule has 4 rings (SSSR count). The molecule has 18 heavy (non-hydrogen) atoms. The molecule has 2 aliphatic carbocycles. The molecule has 0 aromatic heterocycles. The molecule has 0 spiro atoms. The molecule has 3 nitrogen and oxygen atoms in total. The summed E-state index contributed by atoms with van der Waals surface area (Å²) < 4.78 is 0. The molecule has 3 N–H and O–H groups in total. The molecule has 0 saturated carbocycles. The third-order valence-corrected chi connectivity index (χ3v) is 4.00. The van der Waals surface area contributed by atoms with Gasteiger partial charge in [0, 0.05) is 29.3 Å². The Labute approximate surface area is 106 Å². The molecule has 1 aliphatic heterocycles. The largest absolute Gasteiger partial charge is 0.311 e. The molecule has 0 amide bonds. The second-order valence-electron chi connectivity index (χ2n) is 4.92. The standard InChI is InChI=1S/C15H15N3/c1-2-7-12-10(5-1)11-6-3-4-8-13(11)15-14(12)9-16-18-17-15/h1-8,12,14,16-18H,9H2. The Kier molecular flexibility index (Phi) is 2.15. The summed E-state index contributed by atoms with van der Waals surface area (Å²) in [7, 11) is 0. The van der Waals surface area contributed by atoms with Crippen LogP contribution in [0.1, 0.15) is 0 Å². The zero-order chi connectivity index (χ0) is 11.9. The molecule has 3 aliphatic rings. The number of fused-ring (bicyclic) bond motifs is 4. The normalized spacial score (nSPS) is 28.2. The smallest absolute Gasteiger partial charge is 0.0407 e. The Morgan fingerprint density at radius 1 is 1.06 bits per heavy atom. The van der Waals surface area contributed by atoms with Crippen LogP contribution in [0.25, 0.3) is 11.3 Å². The van der Waals surface area contributed by atoms with Crippen molar-refractivity contribution >= 4 is 11.3 Å². The van der Waals surface area contributed by atoms with Crippen LogP contribution in [-0.2, 0) is 0 Å². The molecule has 90 valence electrons. The van der Waals surface area contributed by atoms with Crippen molar-refractivity contribution in [1.29, 1.82) is 0 Å². The Hall–Kier alpha value is -1.84. The highest BCUT2D eigenvalue weighted by Gasteiger charge is 2.32. The Balaban J connectivity index is 2.11. The van der Waals surface area contributed by atoms with Crippen molar-refractivity contribution in [3.05, 3.63) is 59.0 Å². The third-order valence-electron chi connectivity index (χ3n) is 4.00. The number of hydrogen-bond acceptors (Lipinski definition) is 3. The van der Waals surface area contributed by atoms with Gasteiger partial charge in [0.2, 0.25) is 0 Å². The average molecular weight is 237 g/mol. The SMILES string of the molecule is C1=CC2=c3ccccc3=C3NNNCC3C2C=C1. The van der Waals surface area contributed by atoms with Crippen LogP contribution in [0.3, 0.4) is 0 Å². The lowest BCUT2D eigenvalue weighted by Gasteiger charge is -2.37. The second kappa shape index (κ2) is 3.83. The number of hydrogen-bond donors (Lipinski definition) is 3. The summed E-state index contributed by atoms with van der Waals surface area (Å²) in [5, 5.41) is 2.67. The fourth-order valence-electron chi connectivity index (χ4n) is 3.19. The van der Waals surface area contributed by atoms with E-state index < -0.39 is 0 Å². The van der Waals surface area contributed by atoms with E-state index in [9.17, 15) is 0 Å². The Bertz CT molecular complexity index is 669. The van der Waals surface area contributed by atoms with Crippen LogP contribution in [0.4, 0.5) is 0 Å². The van der Waals surface area contributed by atoms with Crippen molar-refractivity contribution in [3.63, 3.8) is 0 Å². The number of benzene rings is 1.